The lowest BCUT2D eigenvalue weighted by Gasteiger charge is -2.40. The number of amides is 2. The molecule has 1 aliphatic heterocycles. The van der Waals surface area contributed by atoms with Gasteiger partial charge in [-0.3, -0.25) is 9.59 Å². The lowest BCUT2D eigenvalue weighted by atomic mass is 9.88. The lowest BCUT2D eigenvalue weighted by Crippen LogP contribution is -2.56. The SMILES string of the molecule is CC(=O)N1CCCC(C(=O)N[C@@H]2CCCC[C@H]2N(Cc2ccc(Cl)cc2)S(=O)(=O)c2ccccc2)C1. The van der Waals surface area contributed by atoms with E-state index in [1.807, 2.05) is 12.1 Å². The highest BCUT2D eigenvalue weighted by Gasteiger charge is 2.39. The molecule has 2 aliphatic rings. The van der Waals surface area contributed by atoms with Gasteiger partial charge in [0.15, 0.2) is 0 Å². The molecule has 0 bridgehead atoms. The van der Waals surface area contributed by atoms with Gasteiger partial charge in [-0.15, -0.1) is 0 Å². The van der Waals surface area contributed by atoms with Crippen LogP contribution in [0.25, 0.3) is 0 Å². The van der Waals surface area contributed by atoms with Crippen molar-refractivity contribution < 1.29 is 18.0 Å². The van der Waals surface area contributed by atoms with Crippen LogP contribution >= 0.6 is 11.6 Å². The van der Waals surface area contributed by atoms with Crippen LogP contribution in [0, 0.1) is 5.92 Å². The summed E-state index contributed by atoms with van der Waals surface area (Å²) in [6, 6.07) is 15.0. The predicted octanol–water partition coefficient (Wildman–Crippen LogP) is 4.22. The van der Waals surface area contributed by atoms with Crippen molar-refractivity contribution in [2.24, 2.45) is 5.92 Å². The highest BCUT2D eigenvalue weighted by atomic mass is 35.5. The van der Waals surface area contributed by atoms with Gasteiger partial charge < -0.3 is 10.2 Å². The number of likely N-dealkylation sites (tertiary alicyclic amines) is 1. The summed E-state index contributed by atoms with van der Waals surface area (Å²) in [7, 11) is -3.83. The maximum absolute atomic E-state index is 13.9. The highest BCUT2D eigenvalue weighted by molar-refractivity contribution is 7.89. The number of hydrogen-bond acceptors (Lipinski definition) is 4. The van der Waals surface area contributed by atoms with Crippen LogP contribution in [0.2, 0.25) is 5.02 Å². The van der Waals surface area contributed by atoms with Crippen molar-refractivity contribution in [3.8, 4) is 0 Å². The van der Waals surface area contributed by atoms with Gasteiger partial charge in [-0.25, -0.2) is 8.42 Å². The number of carbonyl (C=O) groups excluding carboxylic acids is 2. The van der Waals surface area contributed by atoms with Gasteiger partial charge in [0, 0.05) is 43.7 Å². The average molecular weight is 532 g/mol. The first-order chi connectivity index (χ1) is 17.3. The number of piperidine rings is 1. The molecule has 194 valence electrons. The summed E-state index contributed by atoms with van der Waals surface area (Å²) in [4.78, 5) is 27.1. The van der Waals surface area contributed by atoms with Crippen LogP contribution in [0.1, 0.15) is 51.0 Å². The molecular weight excluding hydrogens is 498 g/mol. The van der Waals surface area contributed by atoms with Crippen LogP contribution in [0.3, 0.4) is 0 Å². The number of carbonyl (C=O) groups is 2. The predicted molar refractivity (Wildman–Crippen MR) is 140 cm³/mol. The normalized spacial score (nSPS) is 22.9. The molecular formula is C27H34ClN3O4S. The third-order valence-corrected chi connectivity index (χ3v) is 9.40. The molecule has 3 atom stereocenters. The van der Waals surface area contributed by atoms with Gasteiger partial charge in [0.2, 0.25) is 21.8 Å². The van der Waals surface area contributed by atoms with Gasteiger partial charge in [-0.1, -0.05) is 54.8 Å². The highest BCUT2D eigenvalue weighted by Crippen LogP contribution is 2.31. The van der Waals surface area contributed by atoms with Gasteiger partial charge in [0.25, 0.3) is 0 Å². The van der Waals surface area contributed by atoms with Crippen LogP contribution in [0.4, 0.5) is 0 Å². The Kier molecular flexibility index (Phi) is 8.70. The Morgan fingerprint density at radius 2 is 1.69 bits per heavy atom. The second kappa shape index (κ2) is 11.8. The van der Waals surface area contributed by atoms with Gasteiger partial charge in [-0.2, -0.15) is 4.31 Å². The maximum atomic E-state index is 13.9. The Labute approximate surface area is 218 Å². The molecule has 1 saturated carbocycles. The molecule has 9 heteroatoms. The van der Waals surface area contributed by atoms with E-state index in [1.54, 1.807) is 51.7 Å². The van der Waals surface area contributed by atoms with Crippen molar-refractivity contribution in [3.63, 3.8) is 0 Å². The summed E-state index contributed by atoms with van der Waals surface area (Å²) >= 11 is 6.06. The first-order valence-corrected chi connectivity index (χ1v) is 14.4. The zero-order valence-corrected chi connectivity index (χ0v) is 22.2. The Bertz CT molecular complexity index is 1160. The fraction of sp³-hybridized carbons (Fsp3) is 0.481. The molecule has 2 amide bonds. The van der Waals surface area contributed by atoms with E-state index in [2.05, 4.69) is 5.32 Å². The molecule has 1 N–H and O–H groups in total. The number of hydrogen-bond donors (Lipinski definition) is 1. The van der Waals surface area contributed by atoms with Crippen LogP contribution in [0.15, 0.2) is 59.5 Å². The van der Waals surface area contributed by atoms with E-state index >= 15 is 0 Å². The van der Waals surface area contributed by atoms with E-state index in [-0.39, 0.29) is 41.3 Å². The topological polar surface area (TPSA) is 86.8 Å². The Morgan fingerprint density at radius 1 is 1.00 bits per heavy atom. The van der Waals surface area contributed by atoms with Crippen LogP contribution in [0.5, 0.6) is 0 Å². The molecule has 1 heterocycles. The van der Waals surface area contributed by atoms with Gasteiger partial charge >= 0.3 is 0 Å². The Hall–Kier alpha value is -2.42. The Balaban J connectivity index is 1.60. The van der Waals surface area contributed by atoms with Crippen LogP contribution in [-0.2, 0) is 26.2 Å². The van der Waals surface area contributed by atoms with E-state index in [0.29, 0.717) is 31.0 Å². The Morgan fingerprint density at radius 3 is 2.39 bits per heavy atom. The molecule has 0 aromatic heterocycles. The molecule has 2 aromatic rings. The van der Waals surface area contributed by atoms with E-state index in [9.17, 15) is 18.0 Å². The second-order valence-corrected chi connectivity index (χ2v) is 12.1. The fourth-order valence-electron chi connectivity index (χ4n) is 5.28. The van der Waals surface area contributed by atoms with Crippen molar-refractivity contribution in [1.29, 1.82) is 0 Å². The largest absolute Gasteiger partial charge is 0.351 e. The van der Waals surface area contributed by atoms with Gasteiger partial charge in [-0.05, 0) is 55.5 Å². The van der Waals surface area contributed by atoms with E-state index < -0.39 is 10.0 Å². The molecule has 4 rings (SSSR count). The first-order valence-electron chi connectivity index (χ1n) is 12.6. The molecule has 7 nitrogen and oxygen atoms in total. The lowest BCUT2D eigenvalue weighted by molar-refractivity contribution is -0.134. The van der Waals surface area contributed by atoms with Crippen molar-refractivity contribution in [3.05, 3.63) is 65.2 Å². The third kappa shape index (κ3) is 6.28. The molecule has 0 radical (unpaired) electrons. The number of benzene rings is 2. The zero-order chi connectivity index (χ0) is 25.7. The molecule has 1 saturated heterocycles. The quantitative estimate of drug-likeness (QED) is 0.579. The third-order valence-electron chi connectivity index (χ3n) is 7.27. The summed E-state index contributed by atoms with van der Waals surface area (Å²) in [5.74, 6) is -0.395. The summed E-state index contributed by atoms with van der Waals surface area (Å²) in [5, 5.41) is 3.78. The molecule has 1 aliphatic carbocycles. The standard InChI is InChI=1S/C27H34ClN3O4S/c1-20(32)30-17-7-8-22(19-30)27(33)29-25-11-5-6-12-26(25)31(18-21-13-15-23(28)16-14-21)36(34,35)24-9-3-2-4-10-24/h2-4,9-10,13-16,22,25-26H,5-8,11-12,17-19H2,1H3,(H,29,33)/t22?,25-,26-/m1/s1. The number of rotatable bonds is 7. The second-order valence-electron chi connectivity index (χ2n) is 9.76. The van der Waals surface area contributed by atoms with Crippen molar-refractivity contribution in [2.75, 3.05) is 13.1 Å². The smallest absolute Gasteiger partial charge is 0.243 e. The van der Waals surface area contributed by atoms with Crippen LogP contribution in [-0.4, -0.2) is 54.6 Å². The number of nitrogens with one attached hydrogen (secondary N) is 1. The minimum Gasteiger partial charge on any atom is -0.351 e. The average Bonchev–Trinajstić information content (AvgIpc) is 2.89. The van der Waals surface area contributed by atoms with E-state index in [0.717, 1.165) is 31.2 Å². The minimum atomic E-state index is -3.83. The van der Waals surface area contributed by atoms with Gasteiger partial charge in [0.1, 0.15) is 0 Å². The monoisotopic (exact) mass is 531 g/mol. The molecule has 2 aromatic carbocycles. The number of halogens is 1. The minimum absolute atomic E-state index is 0.0221. The fourth-order valence-corrected chi connectivity index (χ4v) is 7.11. The summed E-state index contributed by atoms with van der Waals surface area (Å²) in [5.41, 5.74) is 0.832. The summed E-state index contributed by atoms with van der Waals surface area (Å²) in [6.07, 6.45) is 4.70. The molecule has 2 fully saturated rings. The van der Waals surface area contributed by atoms with Crippen LogP contribution < -0.4 is 5.32 Å². The van der Waals surface area contributed by atoms with E-state index in [4.69, 9.17) is 11.6 Å². The summed E-state index contributed by atoms with van der Waals surface area (Å²) < 4.78 is 29.3. The molecule has 1 unspecified atom stereocenters. The van der Waals surface area contributed by atoms with Crippen molar-refractivity contribution >= 4 is 33.4 Å². The molecule has 0 spiro atoms. The van der Waals surface area contributed by atoms with Gasteiger partial charge in [0.05, 0.1) is 10.8 Å². The van der Waals surface area contributed by atoms with E-state index in [1.165, 1.54) is 6.92 Å². The molecule has 36 heavy (non-hydrogen) atoms. The van der Waals surface area contributed by atoms with Crippen molar-refractivity contribution in [1.82, 2.24) is 14.5 Å². The zero-order valence-electron chi connectivity index (χ0n) is 20.6. The van der Waals surface area contributed by atoms with Crippen molar-refractivity contribution in [2.45, 2.75) is 69.0 Å². The summed E-state index contributed by atoms with van der Waals surface area (Å²) in [6.45, 7) is 2.80. The number of sulfonamides is 1. The first kappa shape index (κ1) is 26.6. The maximum Gasteiger partial charge on any atom is 0.243 e. The number of nitrogens with zero attached hydrogens (tertiary/aromatic N) is 2.